The Morgan fingerprint density at radius 2 is 1.13 bits per heavy atom. The molecule has 3 atom stereocenters. The highest BCUT2D eigenvalue weighted by Gasteiger charge is 2.40. The van der Waals surface area contributed by atoms with E-state index in [1.807, 2.05) is 147 Å². The van der Waals surface area contributed by atoms with Crippen LogP contribution < -0.4 is 0 Å². The molecular formula is C49H63NO10. The number of nitrogens with zero attached hydrogens (tertiary/aromatic N) is 1. The average molecular weight is 826 g/mol. The molecule has 0 saturated carbocycles. The van der Waals surface area contributed by atoms with E-state index in [0.29, 0.717) is 24.0 Å². The van der Waals surface area contributed by atoms with Crippen LogP contribution in [0.3, 0.4) is 0 Å². The number of aliphatic carboxylic acids is 1. The van der Waals surface area contributed by atoms with E-state index in [2.05, 4.69) is 5.18 Å². The number of hydrogen-bond acceptors (Lipinski definition) is 9. The van der Waals surface area contributed by atoms with Gasteiger partial charge in [-0.15, -0.1) is 4.91 Å². The van der Waals surface area contributed by atoms with Crippen LogP contribution in [0.25, 0.3) is 0 Å². The van der Waals surface area contributed by atoms with Crippen molar-refractivity contribution in [1.29, 1.82) is 0 Å². The van der Waals surface area contributed by atoms with Crippen LogP contribution in [0.1, 0.15) is 115 Å². The van der Waals surface area contributed by atoms with Crippen molar-refractivity contribution in [3.63, 3.8) is 0 Å². The number of esters is 2. The number of rotatable bonds is 18. The quantitative estimate of drug-likeness (QED) is 0.0797. The van der Waals surface area contributed by atoms with E-state index in [1.54, 1.807) is 13.8 Å². The number of ether oxygens (including phenoxy) is 2. The molecule has 2 aliphatic carbocycles. The maximum absolute atomic E-state index is 13.0. The zero-order chi connectivity index (χ0) is 45.6. The predicted octanol–water partition coefficient (Wildman–Crippen LogP) is 10.6. The van der Waals surface area contributed by atoms with Crippen molar-refractivity contribution in [1.82, 2.24) is 0 Å². The first-order chi connectivity index (χ1) is 28.2. The first kappa shape index (κ1) is 52.2. The van der Waals surface area contributed by atoms with Crippen molar-refractivity contribution in [2.75, 3.05) is 0 Å². The molecule has 0 saturated heterocycles. The van der Waals surface area contributed by atoms with E-state index < -0.39 is 41.4 Å². The molecule has 2 aliphatic rings. The molecule has 3 unspecified atom stereocenters. The van der Waals surface area contributed by atoms with E-state index in [0.717, 1.165) is 33.4 Å². The van der Waals surface area contributed by atoms with Gasteiger partial charge in [-0.2, -0.15) is 0 Å². The third-order valence-electron chi connectivity index (χ3n) is 9.72. The number of amides is 1. The van der Waals surface area contributed by atoms with Crippen LogP contribution >= 0.6 is 0 Å². The number of Topliss-reactive ketones (excluding diaryl/α,β-unsaturated/α-hetero) is 2. The van der Waals surface area contributed by atoms with Crippen LogP contribution in [-0.4, -0.2) is 52.7 Å². The van der Waals surface area contributed by atoms with Gasteiger partial charge < -0.3 is 14.6 Å². The Kier molecular flexibility index (Phi) is 22.9. The molecule has 0 aromatic heterocycles. The van der Waals surface area contributed by atoms with Crippen LogP contribution in [0.2, 0.25) is 0 Å². The first-order valence-electron chi connectivity index (χ1n) is 20.3. The van der Waals surface area contributed by atoms with Gasteiger partial charge in [-0.05, 0) is 81.6 Å². The summed E-state index contributed by atoms with van der Waals surface area (Å²) in [7, 11) is 0. The van der Waals surface area contributed by atoms with E-state index in [-0.39, 0.29) is 43.2 Å². The van der Waals surface area contributed by atoms with Crippen LogP contribution in [-0.2, 0) is 38.2 Å². The molecule has 2 rings (SSSR count). The lowest BCUT2D eigenvalue weighted by molar-refractivity contribution is -0.157. The summed E-state index contributed by atoms with van der Waals surface area (Å²) in [5.74, 6) is -4.00. The number of ketones is 2. The topological polar surface area (TPSA) is 171 Å². The third kappa shape index (κ3) is 18.4. The SMILES string of the molecule is CC.CC1=C(/C=C/C(C)=C/C=C/C(C)=C/C=C/C=C(C)/C=C/C=C(C)/C=C/C2=C(C)C(=O)C(OC(=O)CCC(=O)O)CC2(C)C)C(C)CC(OC(=O)CCC(=O)N=O)C1=O. The Balaban J connectivity index is 0.00000886. The van der Waals surface area contributed by atoms with Crippen LogP contribution in [0, 0.1) is 16.2 Å². The molecule has 0 aromatic rings. The number of carboxylic acids is 1. The highest BCUT2D eigenvalue weighted by Crippen LogP contribution is 2.41. The Bertz CT molecular complexity index is 1970. The monoisotopic (exact) mass is 825 g/mol. The summed E-state index contributed by atoms with van der Waals surface area (Å²) in [6.07, 6.45) is 25.1. The van der Waals surface area contributed by atoms with Crippen molar-refractivity contribution < 1.29 is 43.3 Å². The van der Waals surface area contributed by atoms with Crippen LogP contribution in [0.15, 0.2) is 135 Å². The molecule has 0 heterocycles. The second kappa shape index (κ2) is 26.3. The molecule has 0 aliphatic heterocycles. The van der Waals surface area contributed by atoms with Gasteiger partial charge in [-0.3, -0.25) is 28.8 Å². The molecule has 0 fully saturated rings. The Labute approximate surface area is 355 Å². The Morgan fingerprint density at radius 3 is 1.65 bits per heavy atom. The fourth-order valence-electron chi connectivity index (χ4n) is 6.37. The molecule has 1 amide bonds. The minimum atomic E-state index is -1.10. The molecular weight excluding hydrogens is 763 g/mol. The smallest absolute Gasteiger partial charge is 0.307 e. The molecule has 0 bridgehead atoms. The van der Waals surface area contributed by atoms with E-state index in [9.17, 15) is 33.7 Å². The molecule has 1 N–H and O–H groups in total. The van der Waals surface area contributed by atoms with Gasteiger partial charge in [0.05, 0.1) is 19.3 Å². The molecule has 0 radical (unpaired) electrons. The lowest BCUT2D eigenvalue weighted by atomic mass is 9.71. The summed E-state index contributed by atoms with van der Waals surface area (Å²) in [4.78, 5) is 82.0. The van der Waals surface area contributed by atoms with Gasteiger partial charge in [0, 0.05) is 18.0 Å². The number of carbonyl (C=O) groups is 6. The van der Waals surface area contributed by atoms with Crippen molar-refractivity contribution in [2.24, 2.45) is 16.5 Å². The maximum atomic E-state index is 13.0. The van der Waals surface area contributed by atoms with Gasteiger partial charge in [-0.25, -0.2) is 0 Å². The predicted molar refractivity (Wildman–Crippen MR) is 236 cm³/mol. The lowest BCUT2D eigenvalue weighted by Gasteiger charge is -2.36. The zero-order valence-electron chi connectivity index (χ0n) is 37.1. The molecule has 11 nitrogen and oxygen atoms in total. The highest BCUT2D eigenvalue weighted by molar-refractivity contribution is 6.02. The number of nitroso groups, excluding NO2 is 1. The number of carboxylic acid groups (broad SMARTS) is 1. The van der Waals surface area contributed by atoms with Crippen molar-refractivity contribution in [3.05, 3.63) is 135 Å². The summed E-state index contributed by atoms with van der Waals surface area (Å²) in [6, 6.07) is 0. The van der Waals surface area contributed by atoms with E-state index in [1.165, 1.54) is 0 Å². The van der Waals surface area contributed by atoms with Gasteiger partial charge in [-0.1, -0.05) is 142 Å². The minimum absolute atomic E-state index is 0.0316. The van der Waals surface area contributed by atoms with Crippen LogP contribution in [0.4, 0.5) is 0 Å². The molecule has 60 heavy (non-hydrogen) atoms. The van der Waals surface area contributed by atoms with E-state index in [4.69, 9.17) is 14.6 Å². The lowest BCUT2D eigenvalue weighted by Crippen LogP contribution is -2.39. The Hall–Kier alpha value is -5.84. The van der Waals surface area contributed by atoms with Gasteiger partial charge in [0.1, 0.15) is 0 Å². The standard InChI is InChI=1S/C47H57NO10.C2H6/c1-30(16-12-18-32(3)20-22-37-34(5)28-39(45(54)35(37)6)57-43(52)26-24-41(49)48-56)14-10-11-15-31(2)17-13-19-33(4)21-23-38-36(7)46(55)40(29-47(38,8)9)58-44(53)27-25-42(50)51;1-2/h10-23,34,39-40H,24-29H2,1-9H3,(H,50,51);1-2H3/b11-10+,16-12+,17-13+,22-20+,23-21+,30-14+,31-15+,32-18+,33-19+;. The summed E-state index contributed by atoms with van der Waals surface area (Å²) >= 11 is 0. The molecule has 0 aromatic carbocycles. The maximum Gasteiger partial charge on any atom is 0.307 e. The number of allylic oxidation sites excluding steroid dienone is 20. The van der Waals surface area contributed by atoms with E-state index >= 15 is 0 Å². The summed E-state index contributed by atoms with van der Waals surface area (Å²) in [5.41, 5.74) is 6.43. The fraction of sp³-hybridized carbons (Fsp3) is 0.429. The fourth-order valence-corrected chi connectivity index (χ4v) is 6.37. The van der Waals surface area contributed by atoms with Gasteiger partial charge in [0.2, 0.25) is 0 Å². The molecule has 11 heteroatoms. The average Bonchev–Trinajstić information content (AvgIpc) is 3.19. The summed E-state index contributed by atoms with van der Waals surface area (Å²) in [5, 5.41) is 11.1. The van der Waals surface area contributed by atoms with Crippen molar-refractivity contribution >= 4 is 35.4 Å². The third-order valence-corrected chi connectivity index (χ3v) is 9.72. The normalized spacial score (nSPS) is 20.8. The number of hydrogen-bond donors (Lipinski definition) is 1. The van der Waals surface area contributed by atoms with Gasteiger partial charge >= 0.3 is 17.9 Å². The largest absolute Gasteiger partial charge is 0.481 e. The summed E-state index contributed by atoms with van der Waals surface area (Å²) in [6.45, 7) is 21.3. The minimum Gasteiger partial charge on any atom is -0.481 e. The number of carbonyl (C=O) groups excluding carboxylic acids is 5. The second-order valence-corrected chi connectivity index (χ2v) is 15.3. The zero-order valence-corrected chi connectivity index (χ0v) is 37.1. The van der Waals surface area contributed by atoms with Gasteiger partial charge in [0.15, 0.2) is 23.8 Å². The molecule has 0 spiro atoms. The molecule has 324 valence electrons. The first-order valence-corrected chi connectivity index (χ1v) is 20.3. The van der Waals surface area contributed by atoms with Gasteiger partial charge in [0.25, 0.3) is 5.91 Å². The Morgan fingerprint density at radius 1 is 0.683 bits per heavy atom. The summed E-state index contributed by atoms with van der Waals surface area (Å²) < 4.78 is 10.6. The van der Waals surface area contributed by atoms with Crippen LogP contribution in [0.5, 0.6) is 0 Å². The van der Waals surface area contributed by atoms with Crippen molar-refractivity contribution in [3.8, 4) is 0 Å². The highest BCUT2D eigenvalue weighted by atomic mass is 16.6. The second-order valence-electron chi connectivity index (χ2n) is 15.3. The van der Waals surface area contributed by atoms with Crippen molar-refractivity contribution in [2.45, 2.75) is 127 Å².